The molecule has 0 aliphatic heterocycles. The summed E-state index contributed by atoms with van der Waals surface area (Å²) < 4.78 is 10.6. The van der Waals surface area contributed by atoms with Crippen LogP contribution in [0.4, 0.5) is 0 Å². The van der Waals surface area contributed by atoms with Crippen LogP contribution in [0.2, 0.25) is 0 Å². The topological polar surface area (TPSA) is 35.5 Å². The first kappa shape index (κ1) is 14.6. The second-order valence-corrected chi connectivity index (χ2v) is 6.31. The summed E-state index contributed by atoms with van der Waals surface area (Å²) in [5, 5.41) is 1.90. The summed E-state index contributed by atoms with van der Waals surface area (Å²) in [6, 6.07) is 9.46. The molecule has 0 atom stereocenters. The van der Waals surface area contributed by atoms with Gasteiger partial charge in [0.05, 0.1) is 12.7 Å². The van der Waals surface area contributed by atoms with Gasteiger partial charge in [-0.05, 0) is 62.0 Å². The average Bonchev–Trinajstić information content (AvgIpc) is 2.86. The van der Waals surface area contributed by atoms with E-state index in [4.69, 9.17) is 9.47 Å². The molecule has 106 valence electrons. The fourth-order valence-corrected chi connectivity index (χ4v) is 2.66. The molecule has 1 aromatic heterocycles. The maximum absolute atomic E-state index is 12.2. The number of carbonyl (C=O) groups is 1. The molecule has 2 rings (SSSR count). The summed E-state index contributed by atoms with van der Waals surface area (Å²) in [5.41, 5.74) is 1.10. The molecule has 0 N–H and O–H groups in total. The van der Waals surface area contributed by atoms with Crippen molar-refractivity contribution in [3.8, 4) is 16.2 Å². The van der Waals surface area contributed by atoms with Gasteiger partial charge in [0.1, 0.15) is 11.4 Å². The van der Waals surface area contributed by atoms with Crippen LogP contribution >= 0.6 is 11.3 Å². The van der Waals surface area contributed by atoms with Gasteiger partial charge in [0.25, 0.3) is 0 Å². The number of rotatable bonds is 3. The van der Waals surface area contributed by atoms with Gasteiger partial charge in [0.2, 0.25) is 0 Å². The summed E-state index contributed by atoms with van der Waals surface area (Å²) in [6.07, 6.45) is 0. The molecule has 0 fully saturated rings. The largest absolute Gasteiger partial charge is 0.497 e. The van der Waals surface area contributed by atoms with Crippen molar-refractivity contribution in [3.05, 3.63) is 41.3 Å². The number of hydrogen-bond donors (Lipinski definition) is 0. The van der Waals surface area contributed by atoms with Crippen LogP contribution in [0.3, 0.4) is 0 Å². The Labute approximate surface area is 123 Å². The molecule has 1 heterocycles. The maximum Gasteiger partial charge on any atom is 0.340 e. The highest BCUT2D eigenvalue weighted by Gasteiger charge is 2.21. The van der Waals surface area contributed by atoms with Gasteiger partial charge in [-0.2, -0.15) is 0 Å². The van der Waals surface area contributed by atoms with Crippen molar-refractivity contribution in [1.82, 2.24) is 0 Å². The van der Waals surface area contributed by atoms with Crippen LogP contribution in [0, 0.1) is 0 Å². The molecule has 1 aromatic carbocycles. The SMILES string of the molecule is COc1ccc(-c2sccc2C(=O)OC(C)(C)C)cc1. The number of ether oxygens (including phenoxy) is 2. The van der Waals surface area contributed by atoms with Gasteiger partial charge >= 0.3 is 5.97 Å². The van der Waals surface area contributed by atoms with E-state index in [0.717, 1.165) is 16.2 Å². The van der Waals surface area contributed by atoms with Gasteiger partial charge in [-0.1, -0.05) is 0 Å². The van der Waals surface area contributed by atoms with Crippen LogP contribution in [-0.2, 0) is 4.74 Å². The summed E-state index contributed by atoms with van der Waals surface area (Å²) in [6.45, 7) is 5.60. The zero-order chi connectivity index (χ0) is 14.8. The van der Waals surface area contributed by atoms with Crippen molar-refractivity contribution >= 4 is 17.3 Å². The first-order valence-electron chi connectivity index (χ1n) is 6.36. The van der Waals surface area contributed by atoms with Gasteiger partial charge < -0.3 is 9.47 Å². The third-order valence-electron chi connectivity index (χ3n) is 2.64. The Bertz CT molecular complexity index is 591. The van der Waals surface area contributed by atoms with E-state index in [2.05, 4.69) is 0 Å². The molecule has 0 saturated carbocycles. The Morgan fingerprint density at radius 2 is 1.75 bits per heavy atom. The van der Waals surface area contributed by atoms with E-state index < -0.39 is 5.60 Å². The molecule has 0 amide bonds. The first-order chi connectivity index (χ1) is 9.40. The van der Waals surface area contributed by atoms with Crippen LogP contribution < -0.4 is 4.74 Å². The molecule has 0 saturated heterocycles. The molecular formula is C16H18O3S. The number of esters is 1. The van der Waals surface area contributed by atoms with E-state index in [1.165, 1.54) is 11.3 Å². The van der Waals surface area contributed by atoms with Crippen LogP contribution in [0.1, 0.15) is 31.1 Å². The standard InChI is InChI=1S/C16H18O3S/c1-16(2,3)19-15(17)13-9-10-20-14(13)11-5-7-12(18-4)8-6-11/h5-10H,1-4H3. The van der Waals surface area contributed by atoms with Crippen molar-refractivity contribution in [3.63, 3.8) is 0 Å². The molecule has 0 unspecified atom stereocenters. The van der Waals surface area contributed by atoms with Crippen molar-refractivity contribution < 1.29 is 14.3 Å². The number of hydrogen-bond acceptors (Lipinski definition) is 4. The summed E-state index contributed by atoms with van der Waals surface area (Å²) in [4.78, 5) is 13.1. The Hall–Kier alpha value is -1.81. The number of benzene rings is 1. The van der Waals surface area contributed by atoms with Crippen molar-refractivity contribution in [2.24, 2.45) is 0 Å². The quantitative estimate of drug-likeness (QED) is 0.787. The lowest BCUT2D eigenvalue weighted by Crippen LogP contribution is -2.23. The zero-order valence-electron chi connectivity index (χ0n) is 12.1. The van der Waals surface area contributed by atoms with Crippen LogP contribution in [0.5, 0.6) is 5.75 Å². The molecule has 0 aliphatic rings. The minimum Gasteiger partial charge on any atom is -0.497 e. The predicted molar refractivity (Wildman–Crippen MR) is 81.5 cm³/mol. The molecule has 0 bridgehead atoms. The second-order valence-electron chi connectivity index (χ2n) is 5.39. The van der Waals surface area contributed by atoms with E-state index in [-0.39, 0.29) is 5.97 Å². The van der Waals surface area contributed by atoms with Crippen molar-refractivity contribution in [2.75, 3.05) is 7.11 Å². The van der Waals surface area contributed by atoms with Crippen molar-refractivity contribution in [2.45, 2.75) is 26.4 Å². The lowest BCUT2D eigenvalue weighted by atomic mass is 10.1. The number of carbonyl (C=O) groups excluding carboxylic acids is 1. The number of methoxy groups -OCH3 is 1. The third kappa shape index (κ3) is 3.39. The van der Waals surface area contributed by atoms with Gasteiger partial charge in [-0.15, -0.1) is 11.3 Å². The van der Waals surface area contributed by atoms with Gasteiger partial charge in [0, 0.05) is 4.88 Å². The predicted octanol–water partition coefficient (Wildman–Crippen LogP) is 4.38. The van der Waals surface area contributed by atoms with E-state index in [9.17, 15) is 4.79 Å². The minimum atomic E-state index is -0.490. The Morgan fingerprint density at radius 3 is 2.30 bits per heavy atom. The molecular weight excluding hydrogens is 272 g/mol. The van der Waals surface area contributed by atoms with Crippen LogP contribution in [0.15, 0.2) is 35.7 Å². The summed E-state index contributed by atoms with van der Waals surface area (Å²) >= 11 is 1.53. The van der Waals surface area contributed by atoms with Gasteiger partial charge in [-0.3, -0.25) is 0 Å². The fraction of sp³-hybridized carbons (Fsp3) is 0.312. The van der Waals surface area contributed by atoms with E-state index >= 15 is 0 Å². The van der Waals surface area contributed by atoms with Crippen LogP contribution in [0.25, 0.3) is 10.4 Å². The van der Waals surface area contributed by atoms with Gasteiger partial charge in [0.15, 0.2) is 0 Å². The highest BCUT2D eigenvalue weighted by molar-refractivity contribution is 7.14. The number of thiophene rings is 1. The molecule has 2 aromatic rings. The highest BCUT2D eigenvalue weighted by Crippen LogP contribution is 2.32. The van der Waals surface area contributed by atoms with Crippen LogP contribution in [-0.4, -0.2) is 18.7 Å². The summed E-state index contributed by atoms with van der Waals surface area (Å²) in [5.74, 6) is 0.508. The van der Waals surface area contributed by atoms with Gasteiger partial charge in [-0.25, -0.2) is 4.79 Å². The maximum atomic E-state index is 12.2. The third-order valence-corrected chi connectivity index (χ3v) is 3.60. The van der Waals surface area contributed by atoms with E-state index in [1.54, 1.807) is 13.2 Å². The normalized spacial score (nSPS) is 11.2. The fourth-order valence-electron chi connectivity index (χ4n) is 1.77. The minimum absolute atomic E-state index is 0.287. The highest BCUT2D eigenvalue weighted by atomic mass is 32.1. The Kier molecular flexibility index (Phi) is 4.14. The Morgan fingerprint density at radius 1 is 1.10 bits per heavy atom. The Balaban J connectivity index is 2.30. The smallest absolute Gasteiger partial charge is 0.340 e. The lowest BCUT2D eigenvalue weighted by Gasteiger charge is -2.19. The first-order valence-corrected chi connectivity index (χ1v) is 7.24. The molecule has 0 spiro atoms. The average molecular weight is 290 g/mol. The second kappa shape index (κ2) is 5.67. The summed E-state index contributed by atoms with van der Waals surface area (Å²) in [7, 11) is 1.63. The molecule has 0 radical (unpaired) electrons. The van der Waals surface area contributed by atoms with E-state index in [1.807, 2.05) is 50.4 Å². The molecule has 3 nitrogen and oxygen atoms in total. The molecule has 20 heavy (non-hydrogen) atoms. The van der Waals surface area contributed by atoms with E-state index in [0.29, 0.717) is 5.56 Å². The zero-order valence-corrected chi connectivity index (χ0v) is 12.9. The molecule has 4 heteroatoms. The van der Waals surface area contributed by atoms with Crippen molar-refractivity contribution in [1.29, 1.82) is 0 Å². The molecule has 0 aliphatic carbocycles. The monoisotopic (exact) mass is 290 g/mol. The lowest BCUT2D eigenvalue weighted by molar-refractivity contribution is 0.00710.